The van der Waals surface area contributed by atoms with E-state index in [9.17, 15) is 13.6 Å². The molecule has 3 heterocycles. The Labute approximate surface area is 244 Å². The zero-order valence-corrected chi connectivity index (χ0v) is 24.6. The van der Waals surface area contributed by atoms with Crippen LogP contribution in [0.25, 0.3) is 11.3 Å². The van der Waals surface area contributed by atoms with Gasteiger partial charge in [0.1, 0.15) is 17.6 Å². The number of anilines is 1. The highest BCUT2D eigenvalue weighted by atomic mass is 32.1. The molecule has 218 valence electrons. The zero-order valence-electron chi connectivity index (χ0n) is 23.8. The van der Waals surface area contributed by atoms with Gasteiger partial charge in [0, 0.05) is 73.1 Å². The summed E-state index contributed by atoms with van der Waals surface area (Å²) in [7, 11) is 0. The van der Waals surface area contributed by atoms with Crippen molar-refractivity contribution in [1.29, 1.82) is 0 Å². The normalized spacial score (nSPS) is 15.1. The minimum absolute atomic E-state index is 0.154. The largest absolute Gasteiger partial charge is 0.444 e. The molecule has 41 heavy (non-hydrogen) atoms. The van der Waals surface area contributed by atoms with Crippen molar-refractivity contribution in [3.63, 3.8) is 0 Å². The Balaban J connectivity index is 1.34. The van der Waals surface area contributed by atoms with Crippen LogP contribution < -0.4 is 5.73 Å². The van der Waals surface area contributed by atoms with Crippen molar-refractivity contribution in [2.75, 3.05) is 31.9 Å². The van der Waals surface area contributed by atoms with Gasteiger partial charge in [0.25, 0.3) is 6.43 Å². The molecular formula is C30H36F2N6O2S. The van der Waals surface area contributed by atoms with Gasteiger partial charge >= 0.3 is 6.09 Å². The second-order valence-electron chi connectivity index (χ2n) is 11.2. The van der Waals surface area contributed by atoms with Gasteiger partial charge in [0.05, 0.1) is 5.69 Å². The molecule has 1 unspecified atom stereocenters. The van der Waals surface area contributed by atoms with Gasteiger partial charge in [-0.2, -0.15) is 0 Å². The van der Waals surface area contributed by atoms with E-state index in [1.54, 1.807) is 23.2 Å². The monoisotopic (exact) mass is 582 g/mol. The Morgan fingerprint density at radius 3 is 2.44 bits per heavy atom. The van der Waals surface area contributed by atoms with E-state index in [0.717, 1.165) is 41.1 Å². The van der Waals surface area contributed by atoms with E-state index in [1.807, 2.05) is 32.9 Å². The lowest BCUT2D eigenvalue weighted by Crippen LogP contribution is -2.50. The molecule has 2 N–H and O–H groups in total. The van der Waals surface area contributed by atoms with Gasteiger partial charge in [0.15, 0.2) is 0 Å². The Kier molecular flexibility index (Phi) is 9.60. The molecule has 1 aliphatic heterocycles. The van der Waals surface area contributed by atoms with E-state index in [2.05, 4.69) is 32.8 Å². The first-order valence-electron chi connectivity index (χ1n) is 13.6. The summed E-state index contributed by atoms with van der Waals surface area (Å²) in [4.78, 5) is 29.5. The minimum atomic E-state index is -2.67. The molecule has 1 fully saturated rings. The molecule has 1 saturated heterocycles. The SMILES string of the molecule is CC(c1ccnc(CC(=S)Cc2ccc(-c3cc(C(F)F)ncn3)cc2N)c1)N1CCN(C(=O)OC(C)(C)C)CC1. The summed E-state index contributed by atoms with van der Waals surface area (Å²) in [5.41, 5.74) is 9.87. The molecule has 0 radical (unpaired) electrons. The predicted molar refractivity (Wildman–Crippen MR) is 159 cm³/mol. The highest BCUT2D eigenvalue weighted by Crippen LogP contribution is 2.27. The van der Waals surface area contributed by atoms with Crippen LogP contribution in [-0.4, -0.2) is 67.5 Å². The number of hydrogen-bond acceptors (Lipinski definition) is 8. The smallest absolute Gasteiger partial charge is 0.410 e. The average molecular weight is 583 g/mol. The quantitative estimate of drug-likeness (QED) is 0.262. The van der Waals surface area contributed by atoms with E-state index in [0.29, 0.717) is 42.9 Å². The highest BCUT2D eigenvalue weighted by Gasteiger charge is 2.28. The lowest BCUT2D eigenvalue weighted by atomic mass is 10.00. The van der Waals surface area contributed by atoms with E-state index in [1.165, 1.54) is 6.07 Å². The van der Waals surface area contributed by atoms with Crippen molar-refractivity contribution in [2.24, 2.45) is 0 Å². The molecule has 3 aromatic rings. The average Bonchev–Trinajstić information content (AvgIpc) is 2.93. The number of aromatic nitrogens is 3. The van der Waals surface area contributed by atoms with Crippen LogP contribution in [0.4, 0.5) is 19.3 Å². The second-order valence-corrected chi connectivity index (χ2v) is 11.8. The first kappa shape index (κ1) is 30.4. The number of piperazine rings is 1. The second kappa shape index (κ2) is 12.9. The Morgan fingerprint density at radius 1 is 1.05 bits per heavy atom. The summed E-state index contributed by atoms with van der Waals surface area (Å²) in [5.74, 6) is 0. The summed E-state index contributed by atoms with van der Waals surface area (Å²) in [6, 6.07) is 10.9. The van der Waals surface area contributed by atoms with E-state index < -0.39 is 12.0 Å². The summed E-state index contributed by atoms with van der Waals surface area (Å²) in [6.07, 6.45) is 1.00. The number of nitrogens with zero attached hydrogens (tertiary/aromatic N) is 5. The van der Waals surface area contributed by atoms with Crippen molar-refractivity contribution < 1.29 is 18.3 Å². The Bertz CT molecular complexity index is 1390. The molecule has 8 nitrogen and oxygen atoms in total. The number of carbonyl (C=O) groups is 1. The fourth-order valence-electron chi connectivity index (χ4n) is 4.72. The van der Waals surface area contributed by atoms with Gasteiger partial charge in [-0.25, -0.2) is 23.5 Å². The van der Waals surface area contributed by atoms with Crippen molar-refractivity contribution >= 4 is 28.9 Å². The topological polar surface area (TPSA) is 97.5 Å². The van der Waals surface area contributed by atoms with Gasteiger partial charge < -0.3 is 15.4 Å². The Hall–Kier alpha value is -3.57. The van der Waals surface area contributed by atoms with Gasteiger partial charge in [-0.05, 0) is 63.1 Å². The summed E-state index contributed by atoms with van der Waals surface area (Å²) in [6.45, 7) is 10.5. The van der Waals surface area contributed by atoms with Crippen molar-refractivity contribution in [3.05, 3.63) is 71.4 Å². The van der Waals surface area contributed by atoms with E-state index in [-0.39, 0.29) is 17.8 Å². The number of nitrogens with two attached hydrogens (primary N) is 1. The number of amides is 1. The van der Waals surface area contributed by atoms with Gasteiger partial charge in [-0.1, -0.05) is 24.4 Å². The zero-order chi connectivity index (χ0) is 29.7. The molecule has 0 spiro atoms. The number of alkyl halides is 2. The minimum Gasteiger partial charge on any atom is -0.444 e. The first-order chi connectivity index (χ1) is 19.4. The van der Waals surface area contributed by atoms with Crippen molar-refractivity contribution in [2.45, 2.75) is 58.6 Å². The number of hydrogen-bond donors (Lipinski definition) is 1. The summed E-state index contributed by atoms with van der Waals surface area (Å²) in [5, 5.41) is 0. The molecule has 0 saturated carbocycles. The fraction of sp³-hybridized carbons (Fsp3) is 0.433. The number of carbonyl (C=O) groups excluding carboxylic acids is 1. The maximum absolute atomic E-state index is 13.0. The lowest BCUT2D eigenvalue weighted by Gasteiger charge is -2.38. The molecule has 1 atom stereocenters. The Morgan fingerprint density at radius 2 is 1.78 bits per heavy atom. The predicted octanol–water partition coefficient (Wildman–Crippen LogP) is 5.83. The van der Waals surface area contributed by atoms with Gasteiger partial charge in [-0.3, -0.25) is 9.88 Å². The van der Waals surface area contributed by atoms with E-state index >= 15 is 0 Å². The van der Waals surface area contributed by atoms with Crippen molar-refractivity contribution in [1.82, 2.24) is 24.8 Å². The standard InChI is InChI=1S/C30H36F2N6O2S/c1-19(37-9-11-38(12-10-37)29(39)40-30(2,3)4)20-7-8-34-23(13-20)16-24(41)14-21-5-6-22(15-25(21)33)26-17-27(28(31)32)36-18-35-26/h5-8,13,15,17-19,28H,9-12,14,16,33H2,1-4H3. The maximum atomic E-state index is 13.0. The van der Waals surface area contributed by atoms with Crippen LogP contribution >= 0.6 is 12.2 Å². The van der Waals surface area contributed by atoms with Gasteiger partial charge in [0.2, 0.25) is 0 Å². The maximum Gasteiger partial charge on any atom is 0.410 e. The van der Waals surface area contributed by atoms with Gasteiger partial charge in [-0.15, -0.1) is 0 Å². The van der Waals surface area contributed by atoms with Crippen LogP contribution in [0.1, 0.15) is 62.7 Å². The molecule has 4 rings (SSSR count). The molecule has 11 heteroatoms. The third-order valence-corrected chi connectivity index (χ3v) is 7.24. The highest BCUT2D eigenvalue weighted by molar-refractivity contribution is 7.80. The van der Waals surface area contributed by atoms with Crippen LogP contribution in [0.2, 0.25) is 0 Å². The van der Waals surface area contributed by atoms with Crippen LogP contribution in [0.15, 0.2) is 48.9 Å². The number of halogens is 2. The van der Waals surface area contributed by atoms with Crippen molar-refractivity contribution in [3.8, 4) is 11.3 Å². The summed E-state index contributed by atoms with van der Waals surface area (Å²) >= 11 is 5.70. The van der Waals surface area contributed by atoms with Crippen LogP contribution in [0.5, 0.6) is 0 Å². The molecule has 2 aromatic heterocycles. The number of nitrogen functional groups attached to an aromatic ring is 1. The molecular weight excluding hydrogens is 546 g/mol. The molecule has 0 aliphatic carbocycles. The number of pyridine rings is 1. The number of benzene rings is 1. The molecule has 1 aliphatic rings. The van der Waals surface area contributed by atoms with Crippen LogP contribution in [-0.2, 0) is 17.6 Å². The van der Waals surface area contributed by atoms with Crippen LogP contribution in [0.3, 0.4) is 0 Å². The number of thiocarbonyl (C=S) groups is 1. The third kappa shape index (κ3) is 8.23. The molecule has 1 aromatic carbocycles. The number of ether oxygens (including phenoxy) is 1. The first-order valence-corrected chi connectivity index (χ1v) is 14.0. The molecule has 1 amide bonds. The fourth-order valence-corrected chi connectivity index (χ4v) is 5.03. The third-order valence-electron chi connectivity index (χ3n) is 6.96. The van der Waals surface area contributed by atoms with Crippen LogP contribution in [0, 0.1) is 0 Å². The summed E-state index contributed by atoms with van der Waals surface area (Å²) < 4.78 is 31.6. The lowest BCUT2D eigenvalue weighted by molar-refractivity contribution is 0.0110. The molecule has 0 bridgehead atoms. The number of rotatable bonds is 8. The van der Waals surface area contributed by atoms with E-state index in [4.69, 9.17) is 22.7 Å².